The molecule has 2 aromatic rings. The molecule has 0 saturated carbocycles. The van der Waals surface area contributed by atoms with E-state index in [1.165, 1.54) is 0 Å². The van der Waals surface area contributed by atoms with Gasteiger partial charge >= 0.3 is 0 Å². The van der Waals surface area contributed by atoms with Gasteiger partial charge < -0.3 is 10.2 Å². The van der Waals surface area contributed by atoms with Gasteiger partial charge in [-0.25, -0.2) is 9.50 Å². The molecule has 0 aliphatic carbocycles. The molecule has 2 unspecified atom stereocenters. The van der Waals surface area contributed by atoms with Crippen molar-refractivity contribution < 1.29 is 0 Å². The highest BCUT2D eigenvalue weighted by Gasteiger charge is 2.25. The van der Waals surface area contributed by atoms with E-state index >= 15 is 0 Å². The zero-order valence-corrected chi connectivity index (χ0v) is 13.4. The lowest BCUT2D eigenvalue weighted by atomic mass is 9.94. The van der Waals surface area contributed by atoms with Crippen molar-refractivity contribution in [2.24, 2.45) is 5.92 Å². The third-order valence-electron chi connectivity index (χ3n) is 4.43. The quantitative estimate of drug-likeness (QED) is 0.942. The van der Waals surface area contributed by atoms with Gasteiger partial charge in [-0.3, -0.25) is 0 Å². The average Bonchev–Trinajstić information content (AvgIpc) is 2.87. The van der Waals surface area contributed by atoms with Gasteiger partial charge in [-0.1, -0.05) is 20.8 Å². The molecule has 3 rings (SSSR count). The zero-order valence-electron chi connectivity index (χ0n) is 13.4. The number of likely N-dealkylation sites (tertiary alicyclic amines) is 1. The summed E-state index contributed by atoms with van der Waals surface area (Å²) in [7, 11) is 2.19. The lowest BCUT2D eigenvalue weighted by Crippen LogP contribution is -2.43. The van der Waals surface area contributed by atoms with Gasteiger partial charge in [0.25, 0.3) is 0 Å². The Hall–Kier alpha value is -1.62. The van der Waals surface area contributed by atoms with Crippen LogP contribution in [0.15, 0.2) is 18.5 Å². The number of fused-ring (bicyclic) bond motifs is 1. The Kier molecular flexibility index (Phi) is 3.85. The number of nitrogens with one attached hydrogen (secondary N) is 1. The number of piperidine rings is 1. The van der Waals surface area contributed by atoms with E-state index in [9.17, 15) is 0 Å². The van der Waals surface area contributed by atoms with Crippen LogP contribution >= 0.6 is 0 Å². The lowest BCUT2D eigenvalue weighted by molar-refractivity contribution is 0.206. The van der Waals surface area contributed by atoms with Crippen molar-refractivity contribution in [1.29, 1.82) is 0 Å². The van der Waals surface area contributed by atoms with E-state index in [0.29, 0.717) is 17.9 Å². The number of hydrogen-bond acceptors (Lipinski definition) is 4. The third kappa shape index (κ3) is 2.88. The Bertz CT molecular complexity index is 618. The molecule has 1 aliphatic rings. The molecule has 0 spiro atoms. The van der Waals surface area contributed by atoms with Crippen molar-refractivity contribution in [2.45, 2.75) is 39.2 Å². The van der Waals surface area contributed by atoms with Crippen molar-refractivity contribution in [2.75, 3.05) is 25.5 Å². The largest absolute Gasteiger partial charge is 0.365 e. The van der Waals surface area contributed by atoms with E-state index in [1.54, 1.807) is 0 Å². The molecule has 2 atom stereocenters. The first kappa shape index (κ1) is 14.3. The molecule has 0 bridgehead atoms. The van der Waals surface area contributed by atoms with E-state index in [0.717, 1.165) is 36.5 Å². The van der Waals surface area contributed by atoms with Gasteiger partial charge in [-0.05, 0) is 37.9 Å². The number of anilines is 1. The first-order chi connectivity index (χ1) is 10.0. The fourth-order valence-electron chi connectivity index (χ4n) is 3.08. The molecule has 5 nitrogen and oxygen atoms in total. The van der Waals surface area contributed by atoms with E-state index < -0.39 is 0 Å². The third-order valence-corrected chi connectivity index (χ3v) is 4.43. The van der Waals surface area contributed by atoms with Gasteiger partial charge in [-0.2, -0.15) is 5.10 Å². The van der Waals surface area contributed by atoms with Crippen molar-refractivity contribution in [1.82, 2.24) is 19.5 Å². The van der Waals surface area contributed by atoms with Crippen molar-refractivity contribution in [3.63, 3.8) is 0 Å². The molecule has 0 aromatic carbocycles. The lowest BCUT2D eigenvalue weighted by Gasteiger charge is -2.35. The average molecular weight is 287 g/mol. The van der Waals surface area contributed by atoms with Crippen LogP contribution < -0.4 is 5.32 Å². The maximum absolute atomic E-state index is 4.63. The molecule has 3 heterocycles. The summed E-state index contributed by atoms with van der Waals surface area (Å²) in [5.74, 6) is 2.01. The second-order valence-electron chi connectivity index (χ2n) is 6.61. The SMILES string of the molecule is CC(C)c1cc2c(NC3CCN(C)CC3C)nccn2n1. The first-order valence-electron chi connectivity index (χ1n) is 7.84. The van der Waals surface area contributed by atoms with Gasteiger partial charge in [0.2, 0.25) is 0 Å². The molecule has 2 aromatic heterocycles. The number of hydrogen-bond donors (Lipinski definition) is 1. The molecule has 1 aliphatic heterocycles. The Morgan fingerprint density at radius 2 is 2.19 bits per heavy atom. The summed E-state index contributed by atoms with van der Waals surface area (Å²) >= 11 is 0. The number of nitrogens with zero attached hydrogens (tertiary/aromatic N) is 4. The van der Waals surface area contributed by atoms with Gasteiger partial charge in [-0.15, -0.1) is 0 Å². The minimum Gasteiger partial charge on any atom is -0.365 e. The fourth-order valence-corrected chi connectivity index (χ4v) is 3.08. The fraction of sp³-hybridized carbons (Fsp3) is 0.625. The molecule has 5 heteroatoms. The molecule has 1 N–H and O–H groups in total. The van der Waals surface area contributed by atoms with E-state index in [1.807, 2.05) is 16.9 Å². The number of aromatic nitrogens is 3. The van der Waals surface area contributed by atoms with Crippen LogP contribution in [0.4, 0.5) is 5.82 Å². The molecule has 0 amide bonds. The molecule has 21 heavy (non-hydrogen) atoms. The summed E-state index contributed by atoms with van der Waals surface area (Å²) in [4.78, 5) is 6.94. The molecule has 1 fully saturated rings. The molecule has 114 valence electrons. The topological polar surface area (TPSA) is 45.5 Å². The molecule has 1 saturated heterocycles. The van der Waals surface area contributed by atoms with Crippen LogP contribution in [0.25, 0.3) is 5.52 Å². The second-order valence-corrected chi connectivity index (χ2v) is 6.61. The summed E-state index contributed by atoms with van der Waals surface area (Å²) in [6, 6.07) is 2.64. The van der Waals surface area contributed by atoms with E-state index in [2.05, 4.69) is 54.2 Å². The maximum Gasteiger partial charge on any atom is 0.152 e. The van der Waals surface area contributed by atoms with Crippen LogP contribution in [-0.4, -0.2) is 45.7 Å². The van der Waals surface area contributed by atoms with Gasteiger partial charge in [0, 0.05) is 25.0 Å². The smallest absolute Gasteiger partial charge is 0.152 e. The molecular weight excluding hydrogens is 262 g/mol. The summed E-state index contributed by atoms with van der Waals surface area (Å²) in [5.41, 5.74) is 2.19. The van der Waals surface area contributed by atoms with Gasteiger partial charge in [0.15, 0.2) is 5.82 Å². The maximum atomic E-state index is 4.63. The predicted octanol–water partition coefficient (Wildman–Crippen LogP) is 2.60. The van der Waals surface area contributed by atoms with Gasteiger partial charge in [0.1, 0.15) is 5.52 Å². The number of rotatable bonds is 3. The Morgan fingerprint density at radius 3 is 2.90 bits per heavy atom. The van der Waals surface area contributed by atoms with Crippen LogP contribution in [0.3, 0.4) is 0 Å². The second kappa shape index (κ2) is 5.64. The Labute approximate surface area is 126 Å². The van der Waals surface area contributed by atoms with Crippen LogP contribution in [0.1, 0.15) is 38.8 Å². The summed E-state index contributed by atoms with van der Waals surface area (Å²) in [6.45, 7) is 8.92. The Morgan fingerprint density at radius 1 is 1.38 bits per heavy atom. The highest BCUT2D eigenvalue weighted by molar-refractivity contribution is 5.68. The highest BCUT2D eigenvalue weighted by Crippen LogP contribution is 2.24. The summed E-state index contributed by atoms with van der Waals surface area (Å²) in [6.07, 6.45) is 4.90. The van der Waals surface area contributed by atoms with E-state index in [4.69, 9.17) is 0 Å². The minimum atomic E-state index is 0.431. The monoisotopic (exact) mass is 287 g/mol. The minimum absolute atomic E-state index is 0.431. The molecule has 0 radical (unpaired) electrons. The zero-order chi connectivity index (χ0) is 15.0. The van der Waals surface area contributed by atoms with Crippen LogP contribution in [0.2, 0.25) is 0 Å². The van der Waals surface area contributed by atoms with Crippen LogP contribution in [0.5, 0.6) is 0 Å². The Balaban J connectivity index is 1.86. The molecular formula is C16H25N5. The van der Waals surface area contributed by atoms with Crippen molar-refractivity contribution in [3.8, 4) is 0 Å². The first-order valence-corrected chi connectivity index (χ1v) is 7.84. The van der Waals surface area contributed by atoms with Gasteiger partial charge in [0.05, 0.1) is 5.69 Å². The normalized spacial score (nSPS) is 23.9. The van der Waals surface area contributed by atoms with Crippen molar-refractivity contribution >= 4 is 11.3 Å². The predicted molar refractivity (Wildman–Crippen MR) is 85.8 cm³/mol. The van der Waals surface area contributed by atoms with Crippen molar-refractivity contribution in [3.05, 3.63) is 24.2 Å². The standard InChI is InChI=1S/C16H25N5/c1-11(2)14-9-15-16(17-6-8-21(15)19-14)18-13-5-7-20(4)10-12(13)3/h6,8-9,11-13H,5,7,10H2,1-4H3,(H,17,18). The van der Waals surface area contributed by atoms with E-state index in [-0.39, 0.29) is 0 Å². The summed E-state index contributed by atoms with van der Waals surface area (Å²) in [5, 5.41) is 8.27. The van der Waals surface area contributed by atoms with Crippen LogP contribution in [0, 0.1) is 5.92 Å². The highest BCUT2D eigenvalue weighted by atomic mass is 15.2. The van der Waals surface area contributed by atoms with Crippen LogP contribution in [-0.2, 0) is 0 Å². The summed E-state index contributed by atoms with van der Waals surface area (Å²) < 4.78 is 1.93.